The van der Waals surface area contributed by atoms with Crippen molar-refractivity contribution in [1.29, 1.82) is 0 Å². The summed E-state index contributed by atoms with van der Waals surface area (Å²) in [5.41, 5.74) is 5.38. The number of allylic oxidation sites excluding steroid dienone is 28. The van der Waals surface area contributed by atoms with Gasteiger partial charge in [-0.05, 0) is 128 Å². The van der Waals surface area contributed by atoms with Gasteiger partial charge in [-0.15, -0.1) is 0 Å². The lowest BCUT2D eigenvalue weighted by Crippen LogP contribution is -2.29. The fourth-order valence-corrected chi connectivity index (χ4v) is 8.42. The number of hydrogen-bond donors (Lipinski definition) is 2. The summed E-state index contributed by atoms with van der Waals surface area (Å²) >= 11 is 0. The highest BCUT2D eigenvalue weighted by Gasteiger charge is 2.26. The number of phosphoric ester groups is 1. The smallest absolute Gasteiger partial charge is 0.462 e. The Kier molecular flexibility index (Phi) is 58.9. The third kappa shape index (κ3) is 62.4. The number of nitrogens with two attached hydrogens (primary N) is 1. The maximum Gasteiger partial charge on any atom is 0.472 e. The van der Waals surface area contributed by atoms with Gasteiger partial charge in [-0.1, -0.05) is 248 Å². The van der Waals surface area contributed by atoms with Crippen molar-refractivity contribution in [3.63, 3.8) is 0 Å². The molecule has 0 aliphatic rings. The second-order valence-corrected chi connectivity index (χ2v) is 20.9. The number of carbonyl (C=O) groups is 2. The minimum Gasteiger partial charge on any atom is -0.462 e. The average Bonchev–Trinajstić information content (AvgIpc) is 3.44. The molecule has 0 amide bonds. The number of rotatable bonds is 55. The van der Waals surface area contributed by atoms with Crippen LogP contribution in [0.3, 0.4) is 0 Å². The molecule has 0 aromatic heterocycles. The van der Waals surface area contributed by atoms with Gasteiger partial charge in [0.2, 0.25) is 0 Å². The first kappa shape index (κ1) is 74.4. The monoisotopic (exact) mass is 1110 g/mol. The molecule has 0 fully saturated rings. The standard InChI is InChI=1S/C69H110NO8P/c1-3-5-7-9-11-13-15-17-19-21-23-24-25-26-27-28-29-30-31-32-33-34-35-36-37-38-39-40-41-42-44-46-48-50-52-54-56-58-60-62-69(72)78-67(66-77-79(73,74)76-64-63-70)65-75-68(71)61-59-57-55-53-51-49-47-45-43-22-20-18-16-14-12-10-8-6-4-2/h5-8,11-14,17-20,23-24,26-27,29-30,32-33,35-36,38-39,41-43,45,67H,3-4,9-10,15-16,21-22,25,28,31,34,37,40,44,46-66,70H2,1-2H3,(H,73,74)/b7-5-,8-6-,13-11-,14-12-,19-17-,20-18-,24-23-,27-26-,30-29-,33-32-,36-35-,39-38-,42-41-,45-43-. The number of phosphoric acid groups is 1. The van der Waals surface area contributed by atoms with Crippen LogP contribution in [-0.4, -0.2) is 49.3 Å². The van der Waals surface area contributed by atoms with E-state index >= 15 is 0 Å². The lowest BCUT2D eigenvalue weighted by Gasteiger charge is -2.19. The molecule has 3 N–H and O–H groups in total. The first-order valence-corrected chi connectivity index (χ1v) is 32.1. The zero-order chi connectivity index (χ0) is 57.3. The zero-order valence-electron chi connectivity index (χ0n) is 49.5. The molecule has 0 rings (SSSR count). The molecule has 79 heavy (non-hydrogen) atoms. The zero-order valence-corrected chi connectivity index (χ0v) is 50.4. The van der Waals surface area contributed by atoms with E-state index in [0.29, 0.717) is 12.8 Å². The Morgan fingerprint density at radius 3 is 0.975 bits per heavy atom. The lowest BCUT2D eigenvalue weighted by atomic mass is 10.1. The van der Waals surface area contributed by atoms with Gasteiger partial charge in [0.25, 0.3) is 0 Å². The van der Waals surface area contributed by atoms with Crippen molar-refractivity contribution in [2.24, 2.45) is 5.73 Å². The SMILES string of the molecule is CC/C=C\C/C=C\C/C=C\C/C=C\C/C=C\C/C=C\C/C=C\C/C=C\C/C=C\C/C=C\CCCCCCCCCCC(=O)OC(COC(=O)CCCCCCCC/C=C\C/C=C\C/C=C\C/C=C\CC)COP(=O)(O)OCCN. The van der Waals surface area contributed by atoms with Gasteiger partial charge in [0.15, 0.2) is 6.10 Å². The van der Waals surface area contributed by atoms with Crippen molar-refractivity contribution in [3.8, 4) is 0 Å². The maximum atomic E-state index is 12.7. The largest absolute Gasteiger partial charge is 0.472 e. The van der Waals surface area contributed by atoms with E-state index in [0.717, 1.165) is 154 Å². The maximum absolute atomic E-state index is 12.7. The van der Waals surface area contributed by atoms with Crippen LogP contribution in [0.2, 0.25) is 0 Å². The molecule has 0 aromatic carbocycles. The normalized spacial score (nSPS) is 14.2. The third-order valence-electron chi connectivity index (χ3n) is 12.1. The van der Waals surface area contributed by atoms with Gasteiger partial charge in [0.1, 0.15) is 6.61 Å². The molecular formula is C69H110NO8P. The van der Waals surface area contributed by atoms with E-state index in [1.54, 1.807) is 0 Å². The van der Waals surface area contributed by atoms with Gasteiger partial charge < -0.3 is 20.1 Å². The van der Waals surface area contributed by atoms with Gasteiger partial charge in [-0.25, -0.2) is 4.57 Å². The van der Waals surface area contributed by atoms with Crippen molar-refractivity contribution >= 4 is 19.8 Å². The molecule has 0 aliphatic carbocycles. The van der Waals surface area contributed by atoms with Crippen LogP contribution in [0.5, 0.6) is 0 Å². The molecule has 2 unspecified atom stereocenters. The first-order valence-electron chi connectivity index (χ1n) is 30.6. The van der Waals surface area contributed by atoms with Crippen LogP contribution in [0.25, 0.3) is 0 Å². The molecule has 0 radical (unpaired) electrons. The van der Waals surface area contributed by atoms with Crippen LogP contribution >= 0.6 is 7.82 Å². The van der Waals surface area contributed by atoms with Crippen LogP contribution in [0.4, 0.5) is 0 Å². The van der Waals surface area contributed by atoms with Crippen molar-refractivity contribution in [2.45, 2.75) is 225 Å². The van der Waals surface area contributed by atoms with Gasteiger partial charge in [-0.3, -0.25) is 18.6 Å². The van der Waals surface area contributed by atoms with E-state index in [-0.39, 0.29) is 32.6 Å². The number of hydrogen-bond acceptors (Lipinski definition) is 8. The molecule has 0 heterocycles. The summed E-state index contributed by atoms with van der Waals surface area (Å²) < 4.78 is 33.0. The van der Waals surface area contributed by atoms with Crippen molar-refractivity contribution in [3.05, 3.63) is 170 Å². The van der Waals surface area contributed by atoms with E-state index in [9.17, 15) is 19.0 Å². The van der Waals surface area contributed by atoms with Crippen molar-refractivity contribution in [2.75, 3.05) is 26.4 Å². The Bertz CT molecular complexity index is 1890. The lowest BCUT2D eigenvalue weighted by molar-refractivity contribution is -0.161. The van der Waals surface area contributed by atoms with Gasteiger partial charge in [0, 0.05) is 19.4 Å². The summed E-state index contributed by atoms with van der Waals surface area (Å²) in [5.74, 6) is -0.866. The summed E-state index contributed by atoms with van der Waals surface area (Å²) in [7, 11) is -4.41. The minimum atomic E-state index is -4.41. The molecular weight excluding hydrogens is 1000 g/mol. The predicted octanol–water partition coefficient (Wildman–Crippen LogP) is 19.8. The van der Waals surface area contributed by atoms with Crippen molar-refractivity contribution in [1.82, 2.24) is 0 Å². The fourth-order valence-electron chi connectivity index (χ4n) is 7.65. The predicted molar refractivity (Wildman–Crippen MR) is 339 cm³/mol. The molecule has 0 bridgehead atoms. The third-order valence-corrected chi connectivity index (χ3v) is 13.1. The summed E-state index contributed by atoms with van der Waals surface area (Å²) in [5, 5.41) is 0. The molecule has 0 aromatic rings. The average molecular weight is 1110 g/mol. The molecule has 2 atom stereocenters. The Morgan fingerprint density at radius 2 is 0.658 bits per heavy atom. The van der Waals surface area contributed by atoms with E-state index in [2.05, 4.69) is 184 Å². The topological polar surface area (TPSA) is 134 Å². The molecule has 0 aliphatic heterocycles. The van der Waals surface area contributed by atoms with Gasteiger partial charge in [0.05, 0.1) is 13.2 Å². The van der Waals surface area contributed by atoms with Gasteiger partial charge in [-0.2, -0.15) is 0 Å². The van der Waals surface area contributed by atoms with Crippen LogP contribution < -0.4 is 5.73 Å². The Labute approximate surface area is 482 Å². The number of unbranched alkanes of at least 4 members (excludes halogenated alkanes) is 14. The Balaban J connectivity index is 4.03. The molecule has 0 saturated carbocycles. The number of esters is 2. The van der Waals surface area contributed by atoms with E-state index in [4.69, 9.17) is 24.3 Å². The second-order valence-electron chi connectivity index (χ2n) is 19.5. The Morgan fingerprint density at radius 1 is 0.380 bits per heavy atom. The molecule has 0 spiro atoms. The summed E-state index contributed by atoms with van der Waals surface area (Å²) in [4.78, 5) is 35.2. The minimum absolute atomic E-state index is 0.0406. The highest BCUT2D eigenvalue weighted by molar-refractivity contribution is 7.47. The molecule has 444 valence electrons. The highest BCUT2D eigenvalue weighted by Crippen LogP contribution is 2.43. The quantitative estimate of drug-likeness (QED) is 0.0264. The molecule has 10 heteroatoms. The molecule has 9 nitrogen and oxygen atoms in total. The van der Waals surface area contributed by atoms with Crippen molar-refractivity contribution < 1.29 is 37.6 Å². The fraction of sp³-hybridized carbons (Fsp3) is 0.565. The molecule has 0 saturated heterocycles. The van der Waals surface area contributed by atoms with Crippen LogP contribution in [0, 0.1) is 0 Å². The summed E-state index contributed by atoms with van der Waals surface area (Å²) in [6.07, 6.45) is 92.7. The first-order chi connectivity index (χ1) is 38.8. The summed E-state index contributed by atoms with van der Waals surface area (Å²) in [6.45, 7) is 3.47. The second kappa shape index (κ2) is 62.6. The highest BCUT2D eigenvalue weighted by atomic mass is 31.2. The van der Waals surface area contributed by atoms with Crippen LogP contribution in [-0.2, 0) is 32.7 Å². The van der Waals surface area contributed by atoms with Crippen LogP contribution in [0.15, 0.2) is 170 Å². The van der Waals surface area contributed by atoms with E-state index in [1.807, 2.05) is 0 Å². The van der Waals surface area contributed by atoms with Gasteiger partial charge >= 0.3 is 19.8 Å². The Hall–Kier alpha value is -4.63. The van der Waals surface area contributed by atoms with E-state index in [1.165, 1.54) is 25.7 Å². The van der Waals surface area contributed by atoms with Crippen LogP contribution in [0.1, 0.15) is 219 Å². The number of ether oxygens (including phenoxy) is 2. The number of carbonyl (C=O) groups excluding carboxylic acids is 2. The van der Waals surface area contributed by atoms with E-state index < -0.39 is 32.5 Å². The summed E-state index contributed by atoms with van der Waals surface area (Å²) in [6, 6.07) is 0.